The molecule has 2 unspecified atom stereocenters. The second-order valence-electron chi connectivity index (χ2n) is 5.65. The molecule has 1 saturated heterocycles. The van der Waals surface area contributed by atoms with Gasteiger partial charge in [-0.05, 0) is 44.1 Å². The molecule has 0 spiro atoms. The van der Waals surface area contributed by atoms with E-state index in [4.69, 9.17) is 4.74 Å². The summed E-state index contributed by atoms with van der Waals surface area (Å²) in [7, 11) is 0. The lowest BCUT2D eigenvalue weighted by Crippen LogP contribution is -2.35. The quantitative estimate of drug-likeness (QED) is 0.719. The Morgan fingerprint density at radius 3 is 2.56 bits per heavy atom. The maximum Gasteiger partial charge on any atom is 0.0495 e. The molecule has 0 aromatic carbocycles. The Morgan fingerprint density at radius 1 is 1.19 bits per heavy atom. The summed E-state index contributed by atoms with van der Waals surface area (Å²) in [4.78, 5) is 0. The van der Waals surface area contributed by atoms with Gasteiger partial charge in [0.15, 0.2) is 0 Å². The van der Waals surface area contributed by atoms with Crippen LogP contribution in [-0.2, 0) is 4.74 Å². The molecule has 2 atom stereocenters. The van der Waals surface area contributed by atoms with Gasteiger partial charge in [0.25, 0.3) is 0 Å². The summed E-state index contributed by atoms with van der Waals surface area (Å²) in [5, 5.41) is 3.74. The van der Waals surface area contributed by atoms with Crippen LogP contribution in [0.3, 0.4) is 0 Å². The maximum absolute atomic E-state index is 5.48. The summed E-state index contributed by atoms with van der Waals surface area (Å²) in [5.74, 6) is 1.85. The second kappa shape index (κ2) is 6.61. The SMILES string of the molecule is CCCNC(CC1CCC1)CC1CCOC1. The molecule has 1 aliphatic carbocycles. The van der Waals surface area contributed by atoms with Crippen LogP contribution in [0.5, 0.6) is 0 Å². The molecule has 1 aliphatic heterocycles. The zero-order valence-electron chi connectivity index (χ0n) is 10.7. The lowest BCUT2D eigenvalue weighted by molar-refractivity contribution is 0.176. The van der Waals surface area contributed by atoms with Crippen molar-refractivity contribution in [2.24, 2.45) is 11.8 Å². The van der Waals surface area contributed by atoms with Gasteiger partial charge < -0.3 is 10.1 Å². The number of nitrogens with one attached hydrogen (secondary N) is 1. The third-order valence-electron chi connectivity index (χ3n) is 4.17. The van der Waals surface area contributed by atoms with Crippen LogP contribution in [0.25, 0.3) is 0 Å². The molecule has 2 rings (SSSR count). The maximum atomic E-state index is 5.48. The molecule has 94 valence electrons. The van der Waals surface area contributed by atoms with E-state index < -0.39 is 0 Å². The van der Waals surface area contributed by atoms with Crippen LogP contribution in [0.15, 0.2) is 0 Å². The molecule has 0 aromatic rings. The molecule has 2 fully saturated rings. The van der Waals surface area contributed by atoms with Crippen molar-refractivity contribution in [3.8, 4) is 0 Å². The van der Waals surface area contributed by atoms with E-state index in [0.717, 1.165) is 31.1 Å². The predicted octanol–water partition coefficient (Wildman–Crippen LogP) is 2.97. The van der Waals surface area contributed by atoms with Crippen molar-refractivity contribution in [1.29, 1.82) is 0 Å². The van der Waals surface area contributed by atoms with E-state index in [9.17, 15) is 0 Å². The van der Waals surface area contributed by atoms with E-state index in [1.54, 1.807) is 0 Å². The molecule has 0 aromatic heterocycles. The molecule has 0 bridgehead atoms. The Bertz CT molecular complexity index is 185. The summed E-state index contributed by atoms with van der Waals surface area (Å²) in [5.41, 5.74) is 0. The average molecular weight is 225 g/mol. The summed E-state index contributed by atoms with van der Waals surface area (Å²) >= 11 is 0. The fourth-order valence-electron chi connectivity index (χ4n) is 2.91. The first-order valence-electron chi connectivity index (χ1n) is 7.19. The lowest BCUT2D eigenvalue weighted by atomic mass is 9.79. The van der Waals surface area contributed by atoms with Crippen LogP contribution in [0.4, 0.5) is 0 Å². The molecule has 1 heterocycles. The van der Waals surface area contributed by atoms with Crippen LogP contribution in [0.2, 0.25) is 0 Å². The van der Waals surface area contributed by atoms with Crippen LogP contribution >= 0.6 is 0 Å². The Balaban J connectivity index is 1.70. The molecular weight excluding hydrogens is 198 g/mol. The first-order chi connectivity index (χ1) is 7.88. The van der Waals surface area contributed by atoms with Crippen LogP contribution in [0, 0.1) is 11.8 Å². The predicted molar refractivity (Wildman–Crippen MR) is 67.6 cm³/mol. The smallest absolute Gasteiger partial charge is 0.0495 e. The summed E-state index contributed by atoms with van der Waals surface area (Å²) in [6.45, 7) is 5.45. The van der Waals surface area contributed by atoms with Crippen LogP contribution in [0.1, 0.15) is 51.9 Å². The first-order valence-corrected chi connectivity index (χ1v) is 7.19. The van der Waals surface area contributed by atoms with Crippen LogP contribution < -0.4 is 5.32 Å². The summed E-state index contributed by atoms with van der Waals surface area (Å²) < 4.78 is 5.48. The minimum absolute atomic E-state index is 0.761. The van der Waals surface area contributed by atoms with Crippen molar-refractivity contribution in [3.63, 3.8) is 0 Å². The topological polar surface area (TPSA) is 21.3 Å². The van der Waals surface area contributed by atoms with Crippen molar-refractivity contribution in [2.75, 3.05) is 19.8 Å². The van der Waals surface area contributed by atoms with Gasteiger partial charge >= 0.3 is 0 Å². The Hall–Kier alpha value is -0.0800. The average Bonchev–Trinajstić information content (AvgIpc) is 2.72. The normalized spacial score (nSPS) is 27.9. The molecule has 16 heavy (non-hydrogen) atoms. The highest BCUT2D eigenvalue weighted by Crippen LogP contribution is 2.32. The fraction of sp³-hybridized carbons (Fsp3) is 1.00. The molecular formula is C14H27NO. The van der Waals surface area contributed by atoms with Gasteiger partial charge in [0, 0.05) is 19.3 Å². The minimum Gasteiger partial charge on any atom is -0.381 e. The van der Waals surface area contributed by atoms with E-state index in [1.807, 2.05) is 0 Å². The van der Waals surface area contributed by atoms with Crippen molar-refractivity contribution in [2.45, 2.75) is 57.9 Å². The van der Waals surface area contributed by atoms with Gasteiger partial charge in [-0.25, -0.2) is 0 Å². The van der Waals surface area contributed by atoms with Crippen LogP contribution in [-0.4, -0.2) is 25.8 Å². The van der Waals surface area contributed by atoms with E-state index in [2.05, 4.69) is 12.2 Å². The number of ether oxygens (including phenoxy) is 1. The molecule has 2 aliphatic rings. The second-order valence-corrected chi connectivity index (χ2v) is 5.65. The van der Waals surface area contributed by atoms with E-state index in [1.165, 1.54) is 51.5 Å². The zero-order valence-corrected chi connectivity index (χ0v) is 10.7. The van der Waals surface area contributed by atoms with E-state index in [-0.39, 0.29) is 0 Å². The summed E-state index contributed by atoms with van der Waals surface area (Å²) in [6.07, 6.45) is 9.72. The van der Waals surface area contributed by atoms with Gasteiger partial charge in [-0.3, -0.25) is 0 Å². The van der Waals surface area contributed by atoms with Gasteiger partial charge in [0.05, 0.1) is 0 Å². The highest BCUT2D eigenvalue weighted by Gasteiger charge is 2.25. The van der Waals surface area contributed by atoms with Gasteiger partial charge in [-0.2, -0.15) is 0 Å². The largest absolute Gasteiger partial charge is 0.381 e. The molecule has 1 N–H and O–H groups in total. The van der Waals surface area contributed by atoms with E-state index >= 15 is 0 Å². The summed E-state index contributed by atoms with van der Waals surface area (Å²) in [6, 6.07) is 0.761. The van der Waals surface area contributed by atoms with Crippen molar-refractivity contribution in [1.82, 2.24) is 5.32 Å². The Labute approximate surface area is 100 Å². The third-order valence-corrected chi connectivity index (χ3v) is 4.17. The highest BCUT2D eigenvalue weighted by molar-refractivity contribution is 4.80. The van der Waals surface area contributed by atoms with Gasteiger partial charge in [-0.15, -0.1) is 0 Å². The standard InChI is InChI=1S/C14H27NO/c1-2-7-15-14(9-12-4-3-5-12)10-13-6-8-16-11-13/h12-15H,2-11H2,1H3. The molecule has 2 heteroatoms. The molecule has 0 amide bonds. The van der Waals surface area contributed by atoms with E-state index in [0.29, 0.717) is 0 Å². The molecule has 2 nitrogen and oxygen atoms in total. The van der Waals surface area contributed by atoms with Crippen molar-refractivity contribution < 1.29 is 4.74 Å². The molecule has 0 radical (unpaired) electrons. The Morgan fingerprint density at radius 2 is 2.00 bits per heavy atom. The van der Waals surface area contributed by atoms with Gasteiger partial charge in [-0.1, -0.05) is 26.2 Å². The monoisotopic (exact) mass is 225 g/mol. The zero-order chi connectivity index (χ0) is 11.2. The fourth-order valence-corrected chi connectivity index (χ4v) is 2.91. The Kier molecular flexibility index (Phi) is 5.11. The number of rotatable bonds is 7. The molecule has 1 saturated carbocycles. The van der Waals surface area contributed by atoms with Crippen molar-refractivity contribution >= 4 is 0 Å². The van der Waals surface area contributed by atoms with Gasteiger partial charge in [0.2, 0.25) is 0 Å². The first kappa shape index (κ1) is 12.4. The number of hydrogen-bond acceptors (Lipinski definition) is 2. The lowest BCUT2D eigenvalue weighted by Gasteiger charge is -2.31. The number of hydrogen-bond donors (Lipinski definition) is 1. The third kappa shape index (κ3) is 3.74. The highest BCUT2D eigenvalue weighted by atomic mass is 16.5. The van der Waals surface area contributed by atoms with Crippen molar-refractivity contribution in [3.05, 3.63) is 0 Å². The minimum atomic E-state index is 0.761. The van der Waals surface area contributed by atoms with Gasteiger partial charge in [0.1, 0.15) is 0 Å².